The van der Waals surface area contributed by atoms with E-state index in [0.717, 1.165) is 29.4 Å². The van der Waals surface area contributed by atoms with Gasteiger partial charge in [-0.25, -0.2) is 9.07 Å². The maximum atomic E-state index is 13.5. The number of rotatable bonds is 4. The molecule has 2 nitrogen and oxygen atoms in total. The minimum absolute atomic E-state index is 0.128. The molecule has 0 spiro atoms. The van der Waals surface area contributed by atoms with E-state index in [9.17, 15) is 4.39 Å². The smallest absolute Gasteiger partial charge is 0.143 e. The maximum absolute atomic E-state index is 13.5. The average molecular weight is 332 g/mol. The molecule has 0 unspecified atom stereocenters. The number of benzene rings is 1. The summed E-state index contributed by atoms with van der Waals surface area (Å²) in [7, 11) is 0. The lowest BCUT2D eigenvalue weighted by Gasteiger charge is -2.08. The number of alkyl halides is 1. The Bertz CT molecular complexity index is 554. The highest BCUT2D eigenvalue weighted by Gasteiger charge is 2.12. The maximum Gasteiger partial charge on any atom is 0.143 e. The van der Waals surface area contributed by atoms with Crippen LogP contribution < -0.4 is 0 Å². The Labute approximate surface area is 119 Å². The van der Waals surface area contributed by atoms with Crippen LogP contribution in [0.4, 0.5) is 4.39 Å². The van der Waals surface area contributed by atoms with Crippen LogP contribution in [-0.4, -0.2) is 9.78 Å². The molecule has 0 saturated carbocycles. The number of hydrogen-bond acceptors (Lipinski definition) is 1. The molecule has 0 aliphatic carbocycles. The fourth-order valence-electron chi connectivity index (χ4n) is 1.86. The molecule has 0 radical (unpaired) electrons. The van der Waals surface area contributed by atoms with Gasteiger partial charge in [-0.2, -0.15) is 5.10 Å². The highest BCUT2D eigenvalue weighted by atomic mass is 79.9. The molecule has 1 heterocycles. The second kappa shape index (κ2) is 5.85. The van der Waals surface area contributed by atoms with E-state index in [2.05, 4.69) is 28.0 Å². The largest absolute Gasteiger partial charge is 0.237 e. The predicted molar refractivity (Wildman–Crippen MR) is 75.2 cm³/mol. The predicted octanol–water partition coefficient (Wildman–Crippen LogP) is 4.51. The molecule has 96 valence electrons. The zero-order valence-corrected chi connectivity index (χ0v) is 12.3. The van der Waals surface area contributed by atoms with Gasteiger partial charge in [0.2, 0.25) is 0 Å². The van der Waals surface area contributed by atoms with Crippen molar-refractivity contribution in [1.82, 2.24) is 9.78 Å². The molecule has 0 bridgehead atoms. The summed E-state index contributed by atoms with van der Waals surface area (Å²) in [5.74, 6) is -0.424. The van der Waals surface area contributed by atoms with Crippen molar-refractivity contribution in [2.75, 3.05) is 0 Å². The topological polar surface area (TPSA) is 17.8 Å². The molecule has 1 aromatic heterocycles. The van der Waals surface area contributed by atoms with Crippen LogP contribution in [0.1, 0.15) is 24.6 Å². The van der Waals surface area contributed by atoms with Crippen molar-refractivity contribution in [3.8, 4) is 5.69 Å². The van der Waals surface area contributed by atoms with Gasteiger partial charge in [0.15, 0.2) is 0 Å². The second-order valence-corrected chi connectivity index (χ2v) is 4.98. The summed E-state index contributed by atoms with van der Waals surface area (Å²) in [5, 5.41) is 5.20. The van der Waals surface area contributed by atoms with Crippen molar-refractivity contribution in [3.05, 3.63) is 46.5 Å². The number of nitrogens with zero attached hydrogens (tertiary/aromatic N) is 2. The summed E-state index contributed by atoms with van der Waals surface area (Å²) in [5.41, 5.74) is 2.94. The first-order valence-corrected chi connectivity index (χ1v) is 7.24. The van der Waals surface area contributed by atoms with E-state index >= 15 is 0 Å². The summed E-state index contributed by atoms with van der Waals surface area (Å²) < 4.78 is 15.3. The van der Waals surface area contributed by atoms with Crippen LogP contribution in [0.3, 0.4) is 0 Å². The molecule has 0 amide bonds. The van der Waals surface area contributed by atoms with Crippen molar-refractivity contribution in [2.24, 2.45) is 0 Å². The Hall–Kier alpha value is -0.870. The Kier molecular flexibility index (Phi) is 4.40. The van der Waals surface area contributed by atoms with E-state index in [4.69, 9.17) is 11.6 Å². The first kappa shape index (κ1) is 13.6. The molecule has 0 aliphatic rings. The van der Waals surface area contributed by atoms with Crippen LogP contribution >= 0.6 is 27.5 Å². The zero-order valence-electron chi connectivity index (χ0n) is 9.96. The van der Waals surface area contributed by atoms with Crippen molar-refractivity contribution in [2.45, 2.75) is 25.1 Å². The third-order valence-corrected chi connectivity index (χ3v) is 3.64. The second-order valence-electron chi connectivity index (χ2n) is 4.01. The van der Waals surface area contributed by atoms with E-state index in [0.29, 0.717) is 5.69 Å². The third-order valence-electron chi connectivity index (χ3n) is 2.73. The summed E-state index contributed by atoms with van der Waals surface area (Å²) in [6.07, 6.45) is 3.74. The number of aromatic nitrogens is 2. The standard InChI is InChI=1S/C13H13BrClFN2/c1-2-3-13-9(7-14)8-17-18(13)10-4-5-11(15)12(16)6-10/h4-6,8H,2-3,7H2,1H3. The fourth-order valence-corrected chi connectivity index (χ4v) is 2.45. The van der Waals surface area contributed by atoms with Crippen molar-refractivity contribution in [1.29, 1.82) is 0 Å². The third kappa shape index (κ3) is 2.59. The first-order chi connectivity index (χ1) is 8.67. The van der Waals surface area contributed by atoms with Gasteiger partial charge in [-0.3, -0.25) is 0 Å². The number of halogens is 3. The Morgan fingerprint density at radius 3 is 2.83 bits per heavy atom. The molecular weight excluding hydrogens is 319 g/mol. The summed E-state index contributed by atoms with van der Waals surface area (Å²) in [6.45, 7) is 2.11. The van der Waals surface area contributed by atoms with E-state index in [1.807, 2.05) is 6.20 Å². The van der Waals surface area contributed by atoms with Crippen LogP contribution in [0.25, 0.3) is 5.69 Å². The Morgan fingerprint density at radius 1 is 1.44 bits per heavy atom. The molecule has 2 aromatic rings. The average Bonchev–Trinajstić information content (AvgIpc) is 2.76. The lowest BCUT2D eigenvalue weighted by atomic mass is 10.2. The van der Waals surface area contributed by atoms with Gasteiger partial charge in [0.25, 0.3) is 0 Å². The van der Waals surface area contributed by atoms with Crippen molar-refractivity contribution in [3.63, 3.8) is 0 Å². The molecule has 0 saturated heterocycles. The van der Waals surface area contributed by atoms with Gasteiger partial charge in [-0.1, -0.05) is 40.9 Å². The van der Waals surface area contributed by atoms with Crippen LogP contribution in [0, 0.1) is 5.82 Å². The lowest BCUT2D eigenvalue weighted by Crippen LogP contribution is -2.03. The molecule has 5 heteroatoms. The number of hydrogen-bond donors (Lipinski definition) is 0. The summed E-state index contributed by atoms with van der Waals surface area (Å²) >= 11 is 9.13. The highest BCUT2D eigenvalue weighted by Crippen LogP contribution is 2.22. The van der Waals surface area contributed by atoms with E-state index in [-0.39, 0.29) is 5.02 Å². The van der Waals surface area contributed by atoms with Gasteiger partial charge < -0.3 is 0 Å². The van der Waals surface area contributed by atoms with E-state index in [1.54, 1.807) is 16.8 Å². The molecule has 0 fully saturated rings. The van der Waals surface area contributed by atoms with E-state index in [1.165, 1.54) is 6.07 Å². The quantitative estimate of drug-likeness (QED) is 0.754. The summed E-state index contributed by atoms with van der Waals surface area (Å²) in [6, 6.07) is 4.74. The molecule has 0 atom stereocenters. The van der Waals surface area contributed by atoms with Gasteiger partial charge in [-0.05, 0) is 18.6 Å². The molecular formula is C13H13BrClFN2. The minimum Gasteiger partial charge on any atom is -0.237 e. The summed E-state index contributed by atoms with van der Waals surface area (Å²) in [4.78, 5) is 0. The van der Waals surface area contributed by atoms with Gasteiger partial charge in [0.05, 0.1) is 16.9 Å². The first-order valence-electron chi connectivity index (χ1n) is 5.74. The lowest BCUT2D eigenvalue weighted by molar-refractivity contribution is 0.625. The molecule has 0 N–H and O–H groups in total. The highest BCUT2D eigenvalue weighted by molar-refractivity contribution is 9.08. The van der Waals surface area contributed by atoms with Crippen molar-refractivity contribution >= 4 is 27.5 Å². The van der Waals surface area contributed by atoms with Gasteiger partial charge in [0.1, 0.15) is 5.82 Å². The van der Waals surface area contributed by atoms with Gasteiger partial charge in [0, 0.05) is 22.7 Å². The van der Waals surface area contributed by atoms with E-state index < -0.39 is 5.82 Å². The SMILES string of the molecule is CCCc1c(CBr)cnn1-c1ccc(Cl)c(F)c1. The van der Waals surface area contributed by atoms with Crippen LogP contribution in [0.15, 0.2) is 24.4 Å². The zero-order chi connectivity index (χ0) is 13.1. The molecule has 18 heavy (non-hydrogen) atoms. The monoisotopic (exact) mass is 330 g/mol. The molecule has 2 rings (SSSR count). The van der Waals surface area contributed by atoms with Crippen LogP contribution in [0.5, 0.6) is 0 Å². The van der Waals surface area contributed by atoms with Gasteiger partial charge in [-0.15, -0.1) is 0 Å². The molecule has 1 aromatic carbocycles. The van der Waals surface area contributed by atoms with Crippen LogP contribution in [0.2, 0.25) is 5.02 Å². The van der Waals surface area contributed by atoms with Crippen LogP contribution in [-0.2, 0) is 11.8 Å². The fraction of sp³-hybridized carbons (Fsp3) is 0.308. The molecule has 0 aliphatic heterocycles. The van der Waals surface area contributed by atoms with Crippen molar-refractivity contribution < 1.29 is 4.39 Å². The minimum atomic E-state index is -0.424. The normalized spacial score (nSPS) is 10.9. The van der Waals surface area contributed by atoms with Gasteiger partial charge >= 0.3 is 0 Å². The Morgan fingerprint density at radius 2 is 2.22 bits per heavy atom. The Balaban J connectivity index is 2.49.